The molecule has 0 aliphatic rings. The zero-order valence-corrected chi connectivity index (χ0v) is 58.5. The molecule has 0 rings (SSSR count). The Morgan fingerprint density at radius 3 is 1.00 bits per heavy atom. The largest absolute Gasteiger partial charge is 0.472 e. The van der Waals surface area contributed by atoms with Crippen molar-refractivity contribution in [2.45, 2.75) is 367 Å². The van der Waals surface area contributed by atoms with E-state index < -0.39 is 26.5 Å². The number of unbranched alkanes of at least 4 members (excludes halogenated alkanes) is 45. The lowest BCUT2D eigenvalue weighted by Crippen LogP contribution is -2.37. The van der Waals surface area contributed by atoms with Crippen LogP contribution in [0.1, 0.15) is 361 Å². The average Bonchev–Trinajstić information content (AvgIpc) is 3.70. The van der Waals surface area contributed by atoms with Gasteiger partial charge in [-0.25, -0.2) is 4.57 Å². The summed E-state index contributed by atoms with van der Waals surface area (Å²) in [6.07, 6.45) is 89.3. The Morgan fingerprint density at radius 2 is 0.663 bits per heavy atom. The monoisotopic (exact) mass is 1230 g/mol. The first-order valence-electron chi connectivity index (χ1n) is 37.0. The van der Waals surface area contributed by atoms with Crippen molar-refractivity contribution in [2.24, 2.45) is 0 Å². The molecule has 0 saturated carbocycles. The van der Waals surface area contributed by atoms with Gasteiger partial charge in [0.25, 0.3) is 0 Å². The molecular weight excluding hydrogens is 1090 g/mol. The van der Waals surface area contributed by atoms with Crippen LogP contribution in [0.2, 0.25) is 0 Å². The molecule has 0 aromatic rings. The van der Waals surface area contributed by atoms with Crippen molar-refractivity contribution in [1.29, 1.82) is 0 Å². The van der Waals surface area contributed by atoms with Crippen LogP contribution >= 0.6 is 7.82 Å². The van der Waals surface area contributed by atoms with Gasteiger partial charge in [0.1, 0.15) is 19.8 Å². The lowest BCUT2D eigenvalue weighted by molar-refractivity contribution is -0.870. The van der Waals surface area contributed by atoms with Crippen LogP contribution in [0, 0.1) is 0 Å². The minimum Gasteiger partial charge on any atom is -0.462 e. The maximum atomic E-state index is 12.9. The Labute approximate surface area is 534 Å². The highest BCUT2D eigenvalue weighted by molar-refractivity contribution is 7.47. The molecule has 9 nitrogen and oxygen atoms in total. The van der Waals surface area contributed by atoms with Crippen LogP contribution in [-0.4, -0.2) is 74.9 Å². The molecule has 0 fully saturated rings. The van der Waals surface area contributed by atoms with Crippen LogP contribution in [0.25, 0.3) is 0 Å². The molecular formula is C76H143NO8P+. The quantitative estimate of drug-likeness (QED) is 0.0211. The molecule has 0 spiro atoms. The van der Waals surface area contributed by atoms with Gasteiger partial charge >= 0.3 is 19.8 Å². The lowest BCUT2D eigenvalue weighted by Gasteiger charge is -2.24. The van der Waals surface area contributed by atoms with E-state index in [1.165, 1.54) is 270 Å². The van der Waals surface area contributed by atoms with E-state index in [1.54, 1.807) is 0 Å². The number of ether oxygens (including phenoxy) is 2. The van der Waals surface area contributed by atoms with E-state index in [9.17, 15) is 19.0 Å². The van der Waals surface area contributed by atoms with Crippen LogP contribution in [0.15, 0.2) is 60.8 Å². The fraction of sp³-hybridized carbons (Fsp3) is 0.842. The third-order valence-electron chi connectivity index (χ3n) is 16.5. The number of phosphoric acid groups is 1. The first-order valence-corrected chi connectivity index (χ1v) is 38.5. The first kappa shape index (κ1) is 83.7. The van der Waals surface area contributed by atoms with E-state index in [4.69, 9.17) is 18.5 Å². The number of hydrogen-bond donors (Lipinski definition) is 1. The summed E-state index contributed by atoms with van der Waals surface area (Å²) >= 11 is 0. The number of carbonyl (C=O) groups is 2. The van der Waals surface area contributed by atoms with E-state index in [0.29, 0.717) is 23.9 Å². The minimum atomic E-state index is -4.39. The molecule has 1 N–H and O–H groups in total. The normalized spacial score (nSPS) is 13.4. The van der Waals surface area contributed by atoms with Gasteiger partial charge in [-0.1, -0.05) is 331 Å². The summed E-state index contributed by atoms with van der Waals surface area (Å²) in [5.74, 6) is -0.780. The number of esters is 2. The topological polar surface area (TPSA) is 108 Å². The highest BCUT2D eigenvalue weighted by Gasteiger charge is 2.27. The summed E-state index contributed by atoms with van der Waals surface area (Å²) in [4.78, 5) is 35.9. The number of likely N-dealkylation sites (N-methyl/N-ethyl adjacent to an activating group) is 1. The molecule has 0 aromatic carbocycles. The van der Waals surface area contributed by atoms with E-state index in [0.717, 1.165) is 57.8 Å². The standard InChI is InChI=1S/C76H142NO8P/c1-6-8-10-12-14-16-18-20-22-24-26-28-29-30-31-32-33-34-35-36-37-38-39-40-41-42-43-44-45-46-47-49-51-53-55-57-59-61-63-65-67-69-76(79)85-74(73-84-86(80,81)83-71-70-77(3,4)5)72-82-75(78)68-66-64-62-60-58-56-54-52-50-48-27-25-23-21-19-17-15-13-11-9-7-2/h8,10,14,16,20,22,25-28,74H,6-7,9,11-13,15,17-19,21,23-24,29-73H2,1-5H3/p+1/b10-8-,16-14-,22-20-,27-25-,28-26-. The molecule has 0 radical (unpaired) electrons. The van der Waals surface area contributed by atoms with E-state index in [-0.39, 0.29) is 25.6 Å². The zero-order valence-electron chi connectivity index (χ0n) is 57.6. The number of allylic oxidation sites excluding steroid dienone is 10. The number of quaternary nitrogens is 1. The number of carbonyl (C=O) groups excluding carboxylic acids is 2. The number of phosphoric ester groups is 1. The molecule has 0 amide bonds. The predicted octanol–water partition coefficient (Wildman–Crippen LogP) is 24.2. The summed E-state index contributed by atoms with van der Waals surface area (Å²) in [6.45, 7) is 4.38. The van der Waals surface area contributed by atoms with Gasteiger partial charge in [-0.05, 0) is 77.0 Å². The third kappa shape index (κ3) is 70.8. The van der Waals surface area contributed by atoms with Gasteiger partial charge in [0.15, 0.2) is 6.10 Å². The van der Waals surface area contributed by atoms with Crippen LogP contribution in [-0.2, 0) is 32.7 Å². The number of nitrogens with zero attached hydrogens (tertiary/aromatic N) is 1. The molecule has 0 aliphatic carbocycles. The summed E-state index contributed by atoms with van der Waals surface area (Å²) in [5.41, 5.74) is 0. The highest BCUT2D eigenvalue weighted by Crippen LogP contribution is 2.43. The van der Waals surface area contributed by atoms with Crippen molar-refractivity contribution in [3.8, 4) is 0 Å². The molecule has 0 aliphatic heterocycles. The number of rotatable bonds is 69. The summed E-state index contributed by atoms with van der Waals surface area (Å²) in [7, 11) is 1.49. The second-order valence-corrected chi connectivity index (χ2v) is 27.8. The van der Waals surface area contributed by atoms with E-state index in [1.807, 2.05) is 21.1 Å². The predicted molar refractivity (Wildman–Crippen MR) is 372 cm³/mol. The van der Waals surface area contributed by atoms with Crippen LogP contribution in [0.4, 0.5) is 0 Å². The maximum absolute atomic E-state index is 12.9. The van der Waals surface area contributed by atoms with Gasteiger partial charge in [0, 0.05) is 12.8 Å². The smallest absolute Gasteiger partial charge is 0.462 e. The minimum absolute atomic E-state index is 0.0335. The Hall–Kier alpha value is -2.29. The zero-order chi connectivity index (χ0) is 62.6. The van der Waals surface area contributed by atoms with Crippen LogP contribution < -0.4 is 0 Å². The molecule has 2 atom stereocenters. The molecule has 504 valence electrons. The maximum Gasteiger partial charge on any atom is 0.472 e. The molecule has 2 unspecified atom stereocenters. The summed E-state index contributed by atoms with van der Waals surface area (Å²) < 4.78 is 34.7. The van der Waals surface area contributed by atoms with Crippen molar-refractivity contribution < 1.29 is 42.1 Å². The van der Waals surface area contributed by atoms with Crippen molar-refractivity contribution in [3.63, 3.8) is 0 Å². The Bertz CT molecular complexity index is 1630. The van der Waals surface area contributed by atoms with Gasteiger partial charge in [-0.3, -0.25) is 18.6 Å². The van der Waals surface area contributed by atoms with Crippen molar-refractivity contribution >= 4 is 19.8 Å². The van der Waals surface area contributed by atoms with Crippen LogP contribution in [0.3, 0.4) is 0 Å². The lowest BCUT2D eigenvalue weighted by atomic mass is 10.0. The molecule has 0 aromatic heterocycles. The summed E-state index contributed by atoms with van der Waals surface area (Å²) in [5, 5.41) is 0. The molecule has 0 heterocycles. The van der Waals surface area contributed by atoms with Gasteiger partial charge in [0.2, 0.25) is 0 Å². The van der Waals surface area contributed by atoms with E-state index >= 15 is 0 Å². The third-order valence-corrected chi connectivity index (χ3v) is 17.5. The Kier molecular flexibility index (Phi) is 65.3. The second-order valence-electron chi connectivity index (χ2n) is 26.3. The highest BCUT2D eigenvalue weighted by atomic mass is 31.2. The van der Waals surface area contributed by atoms with Crippen LogP contribution in [0.5, 0.6) is 0 Å². The van der Waals surface area contributed by atoms with Gasteiger partial charge in [0.05, 0.1) is 27.7 Å². The summed E-state index contributed by atoms with van der Waals surface area (Å²) in [6, 6.07) is 0. The second kappa shape index (κ2) is 67.1. The molecule has 86 heavy (non-hydrogen) atoms. The van der Waals surface area contributed by atoms with Crippen molar-refractivity contribution in [3.05, 3.63) is 60.8 Å². The Balaban J connectivity index is 3.89. The first-order chi connectivity index (χ1) is 42.0. The van der Waals surface area contributed by atoms with E-state index in [2.05, 4.69) is 74.6 Å². The fourth-order valence-electron chi connectivity index (χ4n) is 10.9. The number of hydrogen-bond acceptors (Lipinski definition) is 7. The molecule has 10 heteroatoms. The average molecular weight is 1230 g/mol. The van der Waals surface area contributed by atoms with Crippen molar-refractivity contribution in [2.75, 3.05) is 47.5 Å². The molecule has 0 saturated heterocycles. The van der Waals surface area contributed by atoms with Crippen molar-refractivity contribution in [1.82, 2.24) is 0 Å². The van der Waals surface area contributed by atoms with Gasteiger partial charge in [-0.2, -0.15) is 0 Å². The SMILES string of the molecule is CC/C=C\C/C=C\C/C=C\C/C=C\CCCCCCCCCCCCCCCCCCCCCCCCCCCCCCC(=O)OC(COC(=O)CCCCCCCCCCC/C=C\CCCCCCCCCC)COP(=O)(O)OCC[N+](C)(C)C. The Morgan fingerprint density at radius 1 is 0.372 bits per heavy atom. The molecule has 0 bridgehead atoms. The fourth-order valence-corrected chi connectivity index (χ4v) is 11.6. The van der Waals surface area contributed by atoms with Gasteiger partial charge in [-0.15, -0.1) is 0 Å². The van der Waals surface area contributed by atoms with Gasteiger partial charge < -0.3 is 18.9 Å².